The lowest BCUT2D eigenvalue weighted by Gasteiger charge is -1.94. The average Bonchev–Trinajstić information content (AvgIpc) is 2.46. The number of hydrazine groups is 1. The first kappa shape index (κ1) is 15.8. The summed E-state index contributed by atoms with van der Waals surface area (Å²) in [5.41, 5.74) is 1.75. The number of nitrogens with zero attached hydrogens (tertiary/aromatic N) is 1. The Bertz CT molecular complexity index is 531. The van der Waals surface area contributed by atoms with E-state index < -0.39 is 0 Å². The van der Waals surface area contributed by atoms with Crippen molar-refractivity contribution in [2.45, 2.75) is 0 Å². The molecule has 2 aromatic carbocycles. The van der Waals surface area contributed by atoms with Crippen LogP contribution in [0.1, 0.15) is 15.9 Å². The van der Waals surface area contributed by atoms with Gasteiger partial charge in [0, 0.05) is 19.7 Å². The smallest absolute Gasteiger partial charge is 0.185 e. The van der Waals surface area contributed by atoms with Gasteiger partial charge in [-0.15, -0.1) is 0 Å². The first-order chi connectivity index (χ1) is 9.59. The zero-order valence-corrected chi connectivity index (χ0v) is 11.9. The van der Waals surface area contributed by atoms with Crippen molar-refractivity contribution in [3.8, 4) is 0 Å². The summed E-state index contributed by atoms with van der Waals surface area (Å²) in [6.07, 6.45) is 3.43. The van der Waals surface area contributed by atoms with Crippen molar-refractivity contribution >= 4 is 11.9 Å². The van der Waals surface area contributed by atoms with E-state index in [2.05, 4.69) is 0 Å². The fourth-order valence-corrected chi connectivity index (χ4v) is 1.43. The molecule has 0 aliphatic heterocycles. The summed E-state index contributed by atoms with van der Waals surface area (Å²) in [6.45, 7) is 0. The number of allylic oxidation sites excluding steroid dienone is 1. The van der Waals surface area contributed by atoms with Crippen LogP contribution in [0.3, 0.4) is 0 Å². The van der Waals surface area contributed by atoms with Gasteiger partial charge in [-0.2, -0.15) is 0 Å². The fraction of sp³-hybridized carbons (Fsp3) is 0.118. The second-order valence-electron chi connectivity index (χ2n) is 4.44. The predicted octanol–water partition coefficient (Wildman–Crippen LogP) is 3.00. The van der Waals surface area contributed by atoms with Crippen LogP contribution in [0, 0.1) is 0 Å². The fourth-order valence-electron chi connectivity index (χ4n) is 1.43. The molecule has 104 valence electrons. The van der Waals surface area contributed by atoms with Crippen LogP contribution >= 0.6 is 0 Å². The van der Waals surface area contributed by atoms with E-state index in [-0.39, 0.29) is 5.78 Å². The van der Waals surface area contributed by atoms with Gasteiger partial charge in [0.15, 0.2) is 5.78 Å². The van der Waals surface area contributed by atoms with E-state index in [1.165, 1.54) is 5.01 Å². The molecule has 0 heterocycles. The Labute approximate surface area is 120 Å². The van der Waals surface area contributed by atoms with Gasteiger partial charge < -0.3 is 0 Å². The van der Waals surface area contributed by atoms with E-state index in [4.69, 9.17) is 5.84 Å². The third-order valence-electron chi connectivity index (χ3n) is 2.29. The van der Waals surface area contributed by atoms with Crippen molar-refractivity contribution in [2.24, 2.45) is 5.84 Å². The Morgan fingerprint density at radius 2 is 1.40 bits per heavy atom. The maximum absolute atomic E-state index is 11.7. The molecule has 0 amide bonds. The molecule has 0 aliphatic carbocycles. The zero-order valence-electron chi connectivity index (χ0n) is 11.9. The highest BCUT2D eigenvalue weighted by Crippen LogP contribution is 2.05. The number of hydrogen-bond donors (Lipinski definition) is 1. The van der Waals surface area contributed by atoms with Crippen molar-refractivity contribution < 1.29 is 4.79 Å². The number of carbonyl (C=O) groups excluding carboxylic acids is 1. The average molecular weight is 268 g/mol. The summed E-state index contributed by atoms with van der Waals surface area (Å²) in [7, 11) is 3.56. The number of carbonyl (C=O) groups is 1. The van der Waals surface area contributed by atoms with E-state index in [1.807, 2.05) is 66.7 Å². The van der Waals surface area contributed by atoms with E-state index in [1.54, 1.807) is 20.2 Å². The van der Waals surface area contributed by atoms with Crippen molar-refractivity contribution in [1.82, 2.24) is 5.01 Å². The molecular weight excluding hydrogens is 248 g/mol. The molecule has 0 radical (unpaired) electrons. The second-order valence-corrected chi connectivity index (χ2v) is 4.44. The predicted molar refractivity (Wildman–Crippen MR) is 84.1 cm³/mol. The second kappa shape index (κ2) is 8.80. The van der Waals surface area contributed by atoms with Crippen LogP contribution in [0.25, 0.3) is 6.08 Å². The molecule has 3 nitrogen and oxygen atoms in total. The van der Waals surface area contributed by atoms with Crippen molar-refractivity contribution in [3.05, 3.63) is 77.9 Å². The lowest BCUT2D eigenvalue weighted by atomic mass is 10.1. The monoisotopic (exact) mass is 268 g/mol. The maximum Gasteiger partial charge on any atom is 0.185 e. The maximum atomic E-state index is 11.7. The van der Waals surface area contributed by atoms with Gasteiger partial charge in [-0.05, 0) is 11.6 Å². The molecule has 3 heteroatoms. The highest BCUT2D eigenvalue weighted by atomic mass is 16.1. The number of rotatable bonds is 3. The summed E-state index contributed by atoms with van der Waals surface area (Å²) >= 11 is 0. The van der Waals surface area contributed by atoms with Crippen LogP contribution in [-0.4, -0.2) is 24.9 Å². The van der Waals surface area contributed by atoms with Gasteiger partial charge in [0.05, 0.1) is 0 Å². The van der Waals surface area contributed by atoms with Crippen molar-refractivity contribution in [3.63, 3.8) is 0 Å². The zero-order chi connectivity index (χ0) is 14.8. The highest BCUT2D eigenvalue weighted by Gasteiger charge is 1.98. The molecule has 2 rings (SSSR count). The topological polar surface area (TPSA) is 46.3 Å². The minimum absolute atomic E-state index is 0.0319. The summed E-state index contributed by atoms with van der Waals surface area (Å²) in [5.74, 6) is 4.98. The molecular formula is C17H20N2O. The quantitative estimate of drug-likeness (QED) is 0.403. The standard InChI is InChI=1S/C15H12O.C2H8N2/c16-15(14-9-5-2-6-10-14)12-11-13-7-3-1-4-8-13;1-4(2)3/h1-12H;3H2,1-2H3. The van der Waals surface area contributed by atoms with Gasteiger partial charge >= 0.3 is 0 Å². The molecule has 20 heavy (non-hydrogen) atoms. The Kier molecular flexibility index (Phi) is 6.96. The number of hydrogen-bond acceptors (Lipinski definition) is 3. The van der Waals surface area contributed by atoms with Crippen molar-refractivity contribution in [1.29, 1.82) is 0 Å². The Morgan fingerprint density at radius 3 is 1.90 bits per heavy atom. The summed E-state index contributed by atoms with van der Waals surface area (Å²) < 4.78 is 0. The van der Waals surface area contributed by atoms with Gasteiger partial charge in [-0.25, -0.2) is 0 Å². The first-order valence-electron chi connectivity index (χ1n) is 6.34. The van der Waals surface area contributed by atoms with E-state index in [0.29, 0.717) is 0 Å². The van der Waals surface area contributed by atoms with Crippen LogP contribution in [0.4, 0.5) is 0 Å². The van der Waals surface area contributed by atoms with Crippen LogP contribution < -0.4 is 5.84 Å². The molecule has 0 aromatic heterocycles. The molecule has 0 unspecified atom stereocenters. The van der Waals surface area contributed by atoms with Gasteiger partial charge in [0.2, 0.25) is 0 Å². The molecule has 0 saturated heterocycles. The Hall–Kier alpha value is -2.23. The van der Waals surface area contributed by atoms with Gasteiger partial charge in [0.1, 0.15) is 0 Å². The molecule has 0 aliphatic rings. The summed E-state index contributed by atoms with van der Waals surface area (Å²) in [4.78, 5) is 11.7. The van der Waals surface area contributed by atoms with Crippen LogP contribution in [-0.2, 0) is 0 Å². The lowest BCUT2D eigenvalue weighted by Crippen LogP contribution is -2.18. The SMILES string of the molecule is CN(C)N.O=C(C=Cc1ccccc1)c1ccccc1. The van der Waals surface area contributed by atoms with E-state index in [9.17, 15) is 4.79 Å². The molecule has 0 spiro atoms. The third kappa shape index (κ3) is 6.64. The van der Waals surface area contributed by atoms with Gasteiger partial charge in [-0.3, -0.25) is 15.6 Å². The largest absolute Gasteiger partial charge is 0.289 e. The Balaban J connectivity index is 0.000000444. The molecule has 0 atom stereocenters. The third-order valence-corrected chi connectivity index (χ3v) is 2.29. The number of benzene rings is 2. The highest BCUT2D eigenvalue weighted by molar-refractivity contribution is 6.06. The van der Waals surface area contributed by atoms with E-state index >= 15 is 0 Å². The molecule has 0 bridgehead atoms. The lowest BCUT2D eigenvalue weighted by molar-refractivity contribution is 0.104. The summed E-state index contributed by atoms with van der Waals surface area (Å²) in [6, 6.07) is 19.1. The first-order valence-corrected chi connectivity index (χ1v) is 6.34. The van der Waals surface area contributed by atoms with Gasteiger partial charge in [0.25, 0.3) is 0 Å². The minimum Gasteiger partial charge on any atom is -0.289 e. The normalized spacial score (nSPS) is 10.2. The molecule has 2 aromatic rings. The van der Waals surface area contributed by atoms with Crippen LogP contribution in [0.15, 0.2) is 66.7 Å². The van der Waals surface area contributed by atoms with Crippen molar-refractivity contribution in [2.75, 3.05) is 14.1 Å². The van der Waals surface area contributed by atoms with Crippen LogP contribution in [0.2, 0.25) is 0 Å². The van der Waals surface area contributed by atoms with Gasteiger partial charge in [-0.1, -0.05) is 66.7 Å². The minimum atomic E-state index is 0.0319. The molecule has 0 saturated carbocycles. The van der Waals surface area contributed by atoms with E-state index in [0.717, 1.165) is 11.1 Å². The molecule has 2 N–H and O–H groups in total. The number of ketones is 1. The number of nitrogens with two attached hydrogens (primary N) is 1. The van der Waals surface area contributed by atoms with Crippen LogP contribution in [0.5, 0.6) is 0 Å². The molecule has 0 fully saturated rings. The Morgan fingerprint density at radius 1 is 0.950 bits per heavy atom. The summed E-state index contributed by atoms with van der Waals surface area (Å²) in [5, 5.41) is 1.50.